The number of nitrogens with one attached hydrogen (secondary N) is 2. The van der Waals surface area contributed by atoms with E-state index in [1.807, 2.05) is 6.07 Å². The predicted octanol–water partition coefficient (Wildman–Crippen LogP) is 0.561. The second-order valence-corrected chi connectivity index (χ2v) is 3.56. The average Bonchev–Trinajstić information content (AvgIpc) is 2.35. The Hall–Kier alpha value is -2.39. The molecule has 1 aromatic rings. The zero-order valence-corrected chi connectivity index (χ0v) is 9.64. The fraction of sp³-hybridized carbons (Fsp3) is 0.250. The molecular formula is C12H13N3O3. The highest BCUT2D eigenvalue weighted by atomic mass is 16.4. The van der Waals surface area contributed by atoms with Crippen molar-refractivity contribution in [2.45, 2.75) is 6.42 Å². The Morgan fingerprint density at radius 3 is 2.50 bits per heavy atom. The number of hydrogen-bond acceptors (Lipinski definition) is 4. The highest BCUT2D eigenvalue weighted by Gasteiger charge is 2.03. The van der Waals surface area contributed by atoms with Gasteiger partial charge in [-0.05, 0) is 24.3 Å². The highest BCUT2D eigenvalue weighted by Crippen LogP contribution is 2.08. The van der Waals surface area contributed by atoms with Gasteiger partial charge in [0, 0.05) is 18.7 Å². The fourth-order valence-corrected chi connectivity index (χ4v) is 1.25. The molecule has 1 rings (SSSR count). The van der Waals surface area contributed by atoms with Gasteiger partial charge in [-0.2, -0.15) is 5.26 Å². The Bertz CT molecular complexity index is 462. The molecule has 0 aliphatic rings. The normalized spacial score (nSPS) is 9.50. The number of carboxylic acids is 1. The molecule has 0 spiro atoms. The number of amides is 1. The summed E-state index contributed by atoms with van der Waals surface area (Å²) < 4.78 is 0. The zero-order chi connectivity index (χ0) is 13.4. The van der Waals surface area contributed by atoms with Crippen molar-refractivity contribution >= 4 is 17.6 Å². The van der Waals surface area contributed by atoms with Crippen LogP contribution in [0, 0.1) is 11.3 Å². The number of anilines is 1. The van der Waals surface area contributed by atoms with Gasteiger partial charge in [-0.1, -0.05) is 0 Å². The second kappa shape index (κ2) is 7.04. The molecule has 0 saturated carbocycles. The molecule has 6 nitrogen and oxygen atoms in total. The van der Waals surface area contributed by atoms with Crippen LogP contribution in [0.15, 0.2) is 24.3 Å². The third kappa shape index (κ3) is 5.09. The number of carbonyl (C=O) groups is 2. The van der Waals surface area contributed by atoms with Crippen LogP contribution >= 0.6 is 0 Å². The van der Waals surface area contributed by atoms with E-state index >= 15 is 0 Å². The van der Waals surface area contributed by atoms with Crippen LogP contribution in [-0.2, 0) is 9.59 Å². The summed E-state index contributed by atoms with van der Waals surface area (Å²) in [6.07, 6.45) is 0.188. The van der Waals surface area contributed by atoms with E-state index in [1.165, 1.54) is 0 Å². The van der Waals surface area contributed by atoms with Crippen LogP contribution in [0.1, 0.15) is 12.0 Å². The van der Waals surface area contributed by atoms with Gasteiger partial charge in [-0.15, -0.1) is 0 Å². The molecule has 0 saturated heterocycles. The summed E-state index contributed by atoms with van der Waals surface area (Å²) in [4.78, 5) is 21.7. The predicted molar refractivity (Wildman–Crippen MR) is 64.9 cm³/mol. The highest BCUT2D eigenvalue weighted by molar-refractivity contribution is 5.90. The average molecular weight is 247 g/mol. The molecule has 0 aliphatic heterocycles. The summed E-state index contributed by atoms with van der Waals surface area (Å²) in [5, 5.41) is 22.2. The Kier molecular flexibility index (Phi) is 5.35. The Labute approximate surface area is 104 Å². The maximum atomic E-state index is 11.4. The van der Waals surface area contributed by atoms with E-state index in [9.17, 15) is 9.59 Å². The maximum absolute atomic E-state index is 11.4. The third-order valence-corrected chi connectivity index (χ3v) is 2.10. The van der Waals surface area contributed by atoms with Crippen molar-refractivity contribution in [2.24, 2.45) is 0 Å². The summed E-state index contributed by atoms with van der Waals surface area (Å²) in [5.41, 5.74) is 1.13. The van der Waals surface area contributed by atoms with E-state index in [0.717, 1.165) is 0 Å². The first-order chi connectivity index (χ1) is 8.61. The summed E-state index contributed by atoms with van der Waals surface area (Å²) in [6.45, 7) is 0.137. The second-order valence-electron chi connectivity index (χ2n) is 3.56. The minimum absolute atomic E-state index is 0.163. The van der Waals surface area contributed by atoms with Crippen LogP contribution in [0.25, 0.3) is 0 Å². The molecule has 94 valence electrons. The van der Waals surface area contributed by atoms with Crippen molar-refractivity contribution in [3.8, 4) is 6.07 Å². The maximum Gasteiger partial charge on any atom is 0.317 e. The minimum Gasteiger partial charge on any atom is -0.480 e. The van der Waals surface area contributed by atoms with E-state index in [0.29, 0.717) is 17.8 Å². The molecule has 0 heterocycles. The van der Waals surface area contributed by atoms with Crippen LogP contribution in [0.4, 0.5) is 5.69 Å². The van der Waals surface area contributed by atoms with Gasteiger partial charge in [0.2, 0.25) is 5.91 Å². The summed E-state index contributed by atoms with van der Waals surface area (Å²) in [5.74, 6) is -1.17. The summed E-state index contributed by atoms with van der Waals surface area (Å²) in [6, 6.07) is 8.48. The lowest BCUT2D eigenvalue weighted by Crippen LogP contribution is -2.26. The first kappa shape index (κ1) is 13.7. The molecule has 0 aliphatic carbocycles. The number of carbonyl (C=O) groups excluding carboxylic acids is 1. The Morgan fingerprint density at radius 2 is 1.94 bits per heavy atom. The van der Waals surface area contributed by atoms with Gasteiger partial charge in [0.25, 0.3) is 0 Å². The SMILES string of the molecule is N#Cc1ccc(NC(=O)CCNCC(=O)O)cc1. The standard InChI is InChI=1S/C12H13N3O3/c13-7-9-1-3-10(4-2-9)15-11(16)5-6-14-8-12(17)18/h1-4,14H,5-6,8H2,(H,15,16)(H,17,18). The van der Waals surface area contributed by atoms with Gasteiger partial charge >= 0.3 is 5.97 Å². The van der Waals surface area contributed by atoms with Gasteiger partial charge < -0.3 is 15.7 Å². The molecule has 0 radical (unpaired) electrons. The van der Waals surface area contributed by atoms with Crippen LogP contribution in [0.5, 0.6) is 0 Å². The van der Waals surface area contributed by atoms with Crippen molar-refractivity contribution in [1.82, 2.24) is 5.32 Å². The van der Waals surface area contributed by atoms with Crippen molar-refractivity contribution in [3.05, 3.63) is 29.8 Å². The van der Waals surface area contributed by atoms with Crippen molar-refractivity contribution in [2.75, 3.05) is 18.4 Å². The molecule has 0 unspecified atom stereocenters. The van der Waals surface area contributed by atoms with E-state index in [2.05, 4.69) is 10.6 Å². The molecule has 1 aromatic carbocycles. The van der Waals surface area contributed by atoms with Crippen molar-refractivity contribution < 1.29 is 14.7 Å². The molecule has 0 aromatic heterocycles. The molecule has 18 heavy (non-hydrogen) atoms. The smallest absolute Gasteiger partial charge is 0.317 e. The number of hydrogen-bond donors (Lipinski definition) is 3. The lowest BCUT2D eigenvalue weighted by molar-refractivity contribution is -0.136. The summed E-state index contributed by atoms with van der Waals surface area (Å²) in [7, 11) is 0. The van der Waals surface area contributed by atoms with Crippen LogP contribution in [0.2, 0.25) is 0 Å². The first-order valence-corrected chi connectivity index (χ1v) is 5.34. The molecule has 3 N–H and O–H groups in total. The van der Waals surface area contributed by atoms with Gasteiger partial charge in [0.05, 0.1) is 18.2 Å². The number of nitriles is 1. The monoisotopic (exact) mass is 247 g/mol. The van der Waals surface area contributed by atoms with E-state index < -0.39 is 5.97 Å². The summed E-state index contributed by atoms with van der Waals surface area (Å²) >= 11 is 0. The van der Waals surface area contributed by atoms with Gasteiger partial charge in [0.15, 0.2) is 0 Å². The molecule has 0 atom stereocenters. The molecule has 1 amide bonds. The van der Waals surface area contributed by atoms with Crippen molar-refractivity contribution in [3.63, 3.8) is 0 Å². The molecular weight excluding hydrogens is 234 g/mol. The number of nitrogens with zero attached hydrogens (tertiary/aromatic N) is 1. The lowest BCUT2D eigenvalue weighted by atomic mass is 10.2. The Balaban J connectivity index is 2.31. The third-order valence-electron chi connectivity index (χ3n) is 2.10. The van der Waals surface area contributed by atoms with Gasteiger partial charge in [0.1, 0.15) is 0 Å². The number of carboxylic acid groups (broad SMARTS) is 1. The number of aliphatic carboxylic acids is 1. The molecule has 6 heteroatoms. The van der Waals surface area contributed by atoms with Gasteiger partial charge in [-0.25, -0.2) is 0 Å². The topological polar surface area (TPSA) is 102 Å². The lowest BCUT2D eigenvalue weighted by Gasteiger charge is -2.05. The quantitative estimate of drug-likeness (QED) is 0.637. The van der Waals surface area contributed by atoms with E-state index in [-0.39, 0.29) is 18.9 Å². The van der Waals surface area contributed by atoms with E-state index in [4.69, 9.17) is 10.4 Å². The molecule has 0 fully saturated rings. The van der Waals surface area contributed by atoms with Crippen LogP contribution in [-0.4, -0.2) is 30.1 Å². The van der Waals surface area contributed by atoms with E-state index in [1.54, 1.807) is 24.3 Å². The minimum atomic E-state index is -0.956. The first-order valence-electron chi connectivity index (χ1n) is 5.34. The molecule has 0 bridgehead atoms. The number of rotatable bonds is 6. The zero-order valence-electron chi connectivity index (χ0n) is 9.64. The van der Waals surface area contributed by atoms with Crippen LogP contribution < -0.4 is 10.6 Å². The van der Waals surface area contributed by atoms with Gasteiger partial charge in [-0.3, -0.25) is 9.59 Å². The van der Waals surface area contributed by atoms with Crippen LogP contribution in [0.3, 0.4) is 0 Å². The fourth-order valence-electron chi connectivity index (χ4n) is 1.25. The largest absolute Gasteiger partial charge is 0.480 e. The van der Waals surface area contributed by atoms with Crippen molar-refractivity contribution in [1.29, 1.82) is 5.26 Å². The number of benzene rings is 1. The Morgan fingerprint density at radius 1 is 1.28 bits per heavy atom.